The summed E-state index contributed by atoms with van der Waals surface area (Å²) in [5.41, 5.74) is 10.3. The summed E-state index contributed by atoms with van der Waals surface area (Å²) in [5.74, 6) is 0.949. The third-order valence-corrected chi connectivity index (χ3v) is 5.83. The van der Waals surface area contributed by atoms with E-state index >= 15 is 0 Å². The van der Waals surface area contributed by atoms with E-state index in [4.69, 9.17) is 5.73 Å². The van der Waals surface area contributed by atoms with Gasteiger partial charge in [0.15, 0.2) is 5.82 Å². The quantitative estimate of drug-likeness (QED) is 0.448. The first-order valence-corrected chi connectivity index (χ1v) is 10.1. The van der Waals surface area contributed by atoms with Crippen LogP contribution < -0.4 is 5.73 Å². The number of nitrogens with zero attached hydrogens (tertiary/aromatic N) is 4. The molecule has 0 unspecified atom stereocenters. The van der Waals surface area contributed by atoms with Gasteiger partial charge in [-0.2, -0.15) is 0 Å². The zero-order valence-corrected chi connectivity index (χ0v) is 16.7. The molecular weight excluding hydrogens is 390 g/mol. The fourth-order valence-electron chi connectivity index (χ4n) is 3.37. The van der Waals surface area contributed by atoms with Gasteiger partial charge >= 0.3 is 6.09 Å². The average molecular weight is 411 g/mol. The van der Waals surface area contributed by atoms with Gasteiger partial charge in [-0.05, 0) is 29.5 Å². The second-order valence-corrected chi connectivity index (χ2v) is 7.63. The van der Waals surface area contributed by atoms with Crippen molar-refractivity contribution >= 4 is 44.5 Å². The monoisotopic (exact) mass is 411 g/mol. The van der Waals surface area contributed by atoms with Crippen LogP contribution in [0.1, 0.15) is 23.9 Å². The van der Waals surface area contributed by atoms with Crippen LogP contribution in [0.15, 0.2) is 35.7 Å². The molecule has 29 heavy (non-hydrogen) atoms. The molecule has 0 aliphatic rings. The number of hydrogen-bond donors (Lipinski definition) is 3. The third kappa shape index (κ3) is 3.50. The molecule has 0 atom stereocenters. The molecule has 1 amide bonds. The van der Waals surface area contributed by atoms with E-state index in [2.05, 4.69) is 9.97 Å². The summed E-state index contributed by atoms with van der Waals surface area (Å²) in [4.78, 5) is 22.0. The maximum atomic E-state index is 11.6. The van der Waals surface area contributed by atoms with E-state index in [1.807, 2.05) is 40.3 Å². The van der Waals surface area contributed by atoms with Gasteiger partial charge in [0.25, 0.3) is 0 Å². The number of fused-ring (bicyclic) bond motifs is 3. The second kappa shape index (κ2) is 7.69. The molecule has 4 N–H and O–H groups in total. The second-order valence-electron chi connectivity index (χ2n) is 6.71. The lowest BCUT2D eigenvalue weighted by Gasteiger charge is -2.18. The number of nitrogen functional groups attached to an aromatic ring is 1. The number of rotatable bonds is 6. The number of anilines is 1. The molecule has 0 radical (unpaired) electrons. The van der Waals surface area contributed by atoms with Crippen molar-refractivity contribution in [3.05, 3.63) is 52.7 Å². The number of benzene rings is 1. The average Bonchev–Trinajstić information content (AvgIpc) is 3.31. The van der Waals surface area contributed by atoms with Gasteiger partial charge in [-0.3, -0.25) is 0 Å². The van der Waals surface area contributed by atoms with Crippen molar-refractivity contribution in [3.63, 3.8) is 0 Å². The molecule has 9 heteroatoms. The first-order chi connectivity index (χ1) is 14.0. The Morgan fingerprint density at radius 3 is 2.59 bits per heavy atom. The summed E-state index contributed by atoms with van der Waals surface area (Å²) < 4.78 is 2.99. The van der Waals surface area contributed by atoms with Crippen molar-refractivity contribution in [1.82, 2.24) is 19.4 Å². The van der Waals surface area contributed by atoms with Crippen LogP contribution in [-0.4, -0.2) is 42.3 Å². The molecule has 0 saturated heterocycles. The fourth-order valence-corrected chi connectivity index (χ4v) is 4.25. The van der Waals surface area contributed by atoms with E-state index in [-0.39, 0.29) is 13.2 Å². The molecule has 0 bridgehead atoms. The molecule has 0 saturated carbocycles. The summed E-state index contributed by atoms with van der Waals surface area (Å²) in [6.07, 6.45) is -0.995. The molecule has 0 aliphatic heterocycles. The topological polar surface area (TPSA) is 118 Å². The standard InChI is InChI=1S/C20H21N5O3S/c1-2-24(20(27)28)10-15-23-16-17(18-14(7-8-29-18)22-19(16)21)25(15)9-12-3-5-13(11-26)6-4-12/h3-8,26H,2,9-11H2,1H3,(H2,21,22)(H,27,28). The predicted octanol–water partition coefficient (Wildman–Crippen LogP) is 3.27. The van der Waals surface area contributed by atoms with Crippen molar-refractivity contribution in [2.45, 2.75) is 26.6 Å². The Balaban J connectivity index is 1.89. The number of aliphatic hydroxyl groups excluding tert-OH is 1. The number of thiophene rings is 1. The van der Waals surface area contributed by atoms with Crippen molar-refractivity contribution in [1.29, 1.82) is 0 Å². The van der Waals surface area contributed by atoms with Crippen molar-refractivity contribution < 1.29 is 15.0 Å². The van der Waals surface area contributed by atoms with Crippen LogP contribution in [0, 0.1) is 0 Å². The maximum Gasteiger partial charge on any atom is 0.407 e. The number of aromatic nitrogens is 3. The van der Waals surface area contributed by atoms with Crippen LogP contribution >= 0.6 is 11.3 Å². The minimum absolute atomic E-state index is 0.0123. The number of carboxylic acid groups (broad SMARTS) is 1. The van der Waals surface area contributed by atoms with Gasteiger partial charge in [0.2, 0.25) is 0 Å². The molecule has 150 valence electrons. The summed E-state index contributed by atoms with van der Waals surface area (Å²) in [5, 5.41) is 20.7. The van der Waals surface area contributed by atoms with Gasteiger partial charge in [-0.25, -0.2) is 14.8 Å². The van der Waals surface area contributed by atoms with E-state index in [0.29, 0.717) is 30.2 Å². The van der Waals surface area contributed by atoms with Crippen LogP contribution in [0.3, 0.4) is 0 Å². The summed E-state index contributed by atoms with van der Waals surface area (Å²) >= 11 is 1.56. The molecule has 4 rings (SSSR count). The van der Waals surface area contributed by atoms with Crippen molar-refractivity contribution in [3.8, 4) is 0 Å². The summed E-state index contributed by atoms with van der Waals surface area (Å²) in [6, 6.07) is 9.57. The normalized spacial score (nSPS) is 11.4. The van der Waals surface area contributed by atoms with Gasteiger partial charge in [0.1, 0.15) is 11.3 Å². The highest BCUT2D eigenvalue weighted by atomic mass is 32.1. The number of amides is 1. The van der Waals surface area contributed by atoms with E-state index in [1.165, 1.54) is 4.90 Å². The maximum absolute atomic E-state index is 11.6. The van der Waals surface area contributed by atoms with Crippen LogP contribution in [-0.2, 0) is 19.7 Å². The SMILES string of the molecule is CCN(Cc1nc2c(N)nc3ccsc3c2n1Cc1ccc(CO)cc1)C(=O)O. The highest BCUT2D eigenvalue weighted by molar-refractivity contribution is 7.18. The Hall–Kier alpha value is -3.17. The number of pyridine rings is 1. The number of hydrogen-bond acceptors (Lipinski definition) is 6. The van der Waals surface area contributed by atoms with Crippen LogP contribution in [0.25, 0.3) is 21.3 Å². The zero-order chi connectivity index (χ0) is 20.5. The first kappa shape index (κ1) is 19.2. The number of aliphatic hydroxyl groups is 1. The smallest absolute Gasteiger partial charge is 0.407 e. The molecule has 3 heterocycles. The minimum Gasteiger partial charge on any atom is -0.465 e. The molecule has 3 aromatic heterocycles. The van der Waals surface area contributed by atoms with Gasteiger partial charge in [0, 0.05) is 13.1 Å². The summed E-state index contributed by atoms with van der Waals surface area (Å²) in [6.45, 7) is 2.79. The van der Waals surface area contributed by atoms with Crippen LogP contribution in [0.5, 0.6) is 0 Å². The summed E-state index contributed by atoms with van der Waals surface area (Å²) in [7, 11) is 0. The Kier molecular flexibility index (Phi) is 5.08. The van der Waals surface area contributed by atoms with Gasteiger partial charge in [0.05, 0.1) is 28.9 Å². The highest BCUT2D eigenvalue weighted by Gasteiger charge is 2.21. The molecular formula is C20H21N5O3S. The molecule has 0 fully saturated rings. The molecule has 0 aliphatic carbocycles. The fraction of sp³-hybridized carbons (Fsp3) is 0.250. The van der Waals surface area contributed by atoms with E-state index < -0.39 is 6.09 Å². The van der Waals surface area contributed by atoms with Gasteiger partial charge in [-0.1, -0.05) is 24.3 Å². The lowest BCUT2D eigenvalue weighted by Crippen LogP contribution is -2.30. The largest absolute Gasteiger partial charge is 0.465 e. The molecule has 4 aromatic rings. The van der Waals surface area contributed by atoms with Gasteiger partial charge in [-0.15, -0.1) is 11.3 Å². The van der Waals surface area contributed by atoms with E-state index in [0.717, 1.165) is 26.9 Å². The van der Waals surface area contributed by atoms with Crippen molar-refractivity contribution in [2.75, 3.05) is 12.3 Å². The van der Waals surface area contributed by atoms with Crippen LogP contribution in [0.2, 0.25) is 0 Å². The number of nitrogens with two attached hydrogens (primary N) is 1. The molecule has 0 spiro atoms. The number of imidazole rings is 1. The Morgan fingerprint density at radius 2 is 1.93 bits per heavy atom. The van der Waals surface area contributed by atoms with Crippen LogP contribution in [0.4, 0.5) is 10.6 Å². The Morgan fingerprint density at radius 1 is 1.21 bits per heavy atom. The lowest BCUT2D eigenvalue weighted by atomic mass is 10.1. The van der Waals surface area contributed by atoms with Gasteiger partial charge < -0.3 is 25.4 Å². The molecule has 8 nitrogen and oxygen atoms in total. The lowest BCUT2D eigenvalue weighted by molar-refractivity contribution is 0.143. The van der Waals surface area contributed by atoms with E-state index in [1.54, 1.807) is 18.3 Å². The Labute approximate surface area is 170 Å². The number of carbonyl (C=O) groups is 1. The zero-order valence-electron chi connectivity index (χ0n) is 15.9. The first-order valence-electron chi connectivity index (χ1n) is 9.20. The highest BCUT2D eigenvalue weighted by Crippen LogP contribution is 2.33. The van der Waals surface area contributed by atoms with Crippen molar-refractivity contribution in [2.24, 2.45) is 0 Å². The van der Waals surface area contributed by atoms with E-state index in [9.17, 15) is 15.0 Å². The minimum atomic E-state index is -0.995. The Bertz CT molecular complexity index is 1180. The third-order valence-electron chi connectivity index (χ3n) is 4.92. The molecule has 1 aromatic carbocycles. The predicted molar refractivity (Wildman–Crippen MR) is 113 cm³/mol.